The number of rotatable bonds is 14. The number of likely N-dealkylation sites (tertiary alicyclic amines) is 1. The Kier molecular flexibility index (Phi) is 10.6. The number of nitrogens with zero attached hydrogens (tertiary/aromatic N) is 4. The normalized spacial score (nSPS) is 28.6. The summed E-state index contributed by atoms with van der Waals surface area (Å²) in [5.41, 5.74) is 1.01. The van der Waals surface area contributed by atoms with E-state index in [9.17, 15) is 19.5 Å². The van der Waals surface area contributed by atoms with Crippen molar-refractivity contribution in [1.82, 2.24) is 19.6 Å². The number of ether oxygens (including phenoxy) is 1. The molecule has 0 radical (unpaired) electrons. The van der Waals surface area contributed by atoms with Crippen molar-refractivity contribution in [1.29, 1.82) is 0 Å². The largest absolute Gasteiger partial charge is 0.394 e. The highest BCUT2D eigenvalue weighted by molar-refractivity contribution is 8.02. The molecule has 5 rings (SSSR count). The Bertz CT molecular complexity index is 1210. The van der Waals surface area contributed by atoms with E-state index in [2.05, 4.69) is 18.1 Å². The summed E-state index contributed by atoms with van der Waals surface area (Å²) in [6, 6.07) is 8.58. The molecule has 0 saturated carbocycles. The van der Waals surface area contributed by atoms with Crippen LogP contribution in [-0.4, -0.2) is 124 Å². The van der Waals surface area contributed by atoms with Crippen molar-refractivity contribution in [2.75, 3.05) is 59.1 Å². The van der Waals surface area contributed by atoms with E-state index in [0.29, 0.717) is 52.4 Å². The minimum Gasteiger partial charge on any atom is -0.394 e. The summed E-state index contributed by atoms with van der Waals surface area (Å²) in [4.78, 5) is 51.4. The standard InChI is InChI=1S/C34H48N4O5S/c1-5-14-36(17-16-35-18-20-43-21-19-35)33(42)30-34-13-12-27(44-34)28(29(34)32(41)38(30)26(23-39)24(3)4)31(40)37(15-6-2)22-25-10-8-7-9-11-25/h5-11,24,26-30,39H,1-2,12-23H2,3-4H3/t26-,27+,28-,29-,30?,34?/m0/s1. The third-order valence-electron chi connectivity index (χ3n) is 9.90. The number of carbonyl (C=O) groups is 3. The maximum absolute atomic E-state index is 14.7. The molecule has 0 aliphatic carbocycles. The molecule has 240 valence electrons. The van der Waals surface area contributed by atoms with Crippen molar-refractivity contribution in [3.8, 4) is 0 Å². The molecule has 2 bridgehead atoms. The third kappa shape index (κ3) is 6.10. The summed E-state index contributed by atoms with van der Waals surface area (Å²) < 4.78 is 4.78. The highest BCUT2D eigenvalue weighted by atomic mass is 32.2. The number of hydrogen-bond acceptors (Lipinski definition) is 7. The second kappa shape index (κ2) is 14.2. The van der Waals surface area contributed by atoms with Crippen molar-refractivity contribution in [3.63, 3.8) is 0 Å². The average Bonchev–Trinajstić information content (AvgIpc) is 3.67. The molecular weight excluding hydrogens is 576 g/mol. The van der Waals surface area contributed by atoms with E-state index in [-0.39, 0.29) is 35.5 Å². The molecule has 4 fully saturated rings. The Morgan fingerprint density at radius 2 is 1.80 bits per heavy atom. The summed E-state index contributed by atoms with van der Waals surface area (Å²) in [5.74, 6) is -1.55. The van der Waals surface area contributed by atoms with Crippen LogP contribution in [0.2, 0.25) is 0 Å². The van der Waals surface area contributed by atoms with E-state index in [4.69, 9.17) is 4.74 Å². The molecule has 2 unspecified atom stereocenters. The van der Waals surface area contributed by atoms with Gasteiger partial charge in [0.15, 0.2) is 0 Å². The van der Waals surface area contributed by atoms with Gasteiger partial charge < -0.3 is 24.5 Å². The molecule has 4 saturated heterocycles. The molecule has 10 heteroatoms. The second-order valence-corrected chi connectivity index (χ2v) is 14.4. The predicted molar refractivity (Wildman–Crippen MR) is 173 cm³/mol. The van der Waals surface area contributed by atoms with Crippen LogP contribution in [0, 0.1) is 17.8 Å². The third-order valence-corrected chi connectivity index (χ3v) is 11.9. The fraction of sp³-hybridized carbons (Fsp3) is 0.618. The summed E-state index contributed by atoms with van der Waals surface area (Å²) in [6.07, 6.45) is 4.93. The molecule has 4 aliphatic rings. The van der Waals surface area contributed by atoms with Crippen LogP contribution in [0.25, 0.3) is 0 Å². The maximum atomic E-state index is 14.7. The Hall–Kier alpha value is -2.66. The van der Waals surface area contributed by atoms with Gasteiger partial charge in [-0.05, 0) is 24.3 Å². The number of morpholine rings is 1. The SMILES string of the molecule is C=CCN(CCN1CCOCC1)C(=O)C1N([C@@H](CO)C(C)C)C(=O)[C@@H]2[C@@H](C(=O)N(CC=C)Cc3ccccc3)[C@H]3CCC12S3. The van der Waals surface area contributed by atoms with Gasteiger partial charge in [-0.25, -0.2) is 0 Å². The topological polar surface area (TPSA) is 93.6 Å². The molecule has 4 heterocycles. The first-order valence-corrected chi connectivity index (χ1v) is 16.9. The Morgan fingerprint density at radius 3 is 2.43 bits per heavy atom. The van der Waals surface area contributed by atoms with Crippen LogP contribution in [-0.2, 0) is 25.7 Å². The van der Waals surface area contributed by atoms with Crippen LogP contribution in [0.15, 0.2) is 55.6 Å². The minimum atomic E-state index is -0.751. The van der Waals surface area contributed by atoms with Gasteiger partial charge in [-0.1, -0.05) is 56.3 Å². The lowest BCUT2D eigenvalue weighted by molar-refractivity contribution is -0.148. The predicted octanol–water partition coefficient (Wildman–Crippen LogP) is 2.66. The lowest BCUT2D eigenvalue weighted by atomic mass is 9.70. The first-order valence-electron chi connectivity index (χ1n) is 16.0. The van der Waals surface area contributed by atoms with Gasteiger partial charge in [0.1, 0.15) is 6.04 Å². The van der Waals surface area contributed by atoms with Crippen LogP contribution in [0.4, 0.5) is 0 Å². The Morgan fingerprint density at radius 1 is 1.11 bits per heavy atom. The zero-order chi connectivity index (χ0) is 31.4. The second-order valence-electron chi connectivity index (χ2n) is 12.8. The van der Waals surface area contributed by atoms with Crippen molar-refractivity contribution < 1.29 is 24.2 Å². The van der Waals surface area contributed by atoms with E-state index < -0.39 is 28.7 Å². The van der Waals surface area contributed by atoms with Crippen molar-refractivity contribution in [2.45, 2.75) is 55.3 Å². The number of aliphatic hydroxyl groups excluding tert-OH is 1. The van der Waals surface area contributed by atoms with Crippen LogP contribution < -0.4 is 0 Å². The van der Waals surface area contributed by atoms with Gasteiger partial charge in [0.2, 0.25) is 17.7 Å². The van der Waals surface area contributed by atoms with E-state index in [0.717, 1.165) is 25.1 Å². The van der Waals surface area contributed by atoms with Crippen LogP contribution in [0.1, 0.15) is 32.3 Å². The molecule has 3 amide bonds. The van der Waals surface area contributed by atoms with Gasteiger partial charge in [0, 0.05) is 51.1 Å². The van der Waals surface area contributed by atoms with Gasteiger partial charge in [-0.15, -0.1) is 24.9 Å². The molecule has 1 aromatic rings. The zero-order valence-electron chi connectivity index (χ0n) is 26.2. The molecule has 0 aromatic heterocycles. The van der Waals surface area contributed by atoms with E-state index in [1.165, 1.54) is 0 Å². The first-order chi connectivity index (χ1) is 21.3. The minimum absolute atomic E-state index is 0.0372. The smallest absolute Gasteiger partial charge is 0.247 e. The first kappa shape index (κ1) is 32.7. The number of carbonyl (C=O) groups excluding carboxylic acids is 3. The number of hydrogen-bond donors (Lipinski definition) is 1. The van der Waals surface area contributed by atoms with Crippen molar-refractivity contribution in [3.05, 3.63) is 61.2 Å². The summed E-state index contributed by atoms with van der Waals surface area (Å²) in [6.45, 7) is 16.9. The highest BCUT2D eigenvalue weighted by Crippen LogP contribution is 2.67. The van der Waals surface area contributed by atoms with E-state index in [1.54, 1.807) is 33.7 Å². The highest BCUT2D eigenvalue weighted by Gasteiger charge is 2.74. The lowest BCUT2D eigenvalue weighted by Crippen LogP contribution is -2.59. The summed E-state index contributed by atoms with van der Waals surface area (Å²) >= 11 is 1.68. The number of amides is 3. The molecule has 44 heavy (non-hydrogen) atoms. The van der Waals surface area contributed by atoms with Crippen molar-refractivity contribution in [2.24, 2.45) is 17.8 Å². The monoisotopic (exact) mass is 624 g/mol. The van der Waals surface area contributed by atoms with Crippen LogP contribution in [0.3, 0.4) is 0 Å². The molecular formula is C34H48N4O5S. The molecule has 6 atom stereocenters. The molecule has 1 N–H and O–H groups in total. The van der Waals surface area contributed by atoms with E-state index in [1.807, 2.05) is 49.1 Å². The van der Waals surface area contributed by atoms with Crippen LogP contribution in [0.5, 0.6) is 0 Å². The maximum Gasteiger partial charge on any atom is 0.247 e. The Balaban J connectivity index is 1.48. The summed E-state index contributed by atoms with van der Waals surface area (Å²) in [7, 11) is 0. The van der Waals surface area contributed by atoms with E-state index >= 15 is 0 Å². The lowest BCUT2D eigenvalue weighted by Gasteiger charge is -2.41. The number of thioether (sulfide) groups is 1. The fourth-order valence-electron chi connectivity index (χ4n) is 7.74. The Labute approximate surface area is 266 Å². The number of benzene rings is 1. The average molecular weight is 625 g/mol. The number of aliphatic hydroxyl groups is 1. The van der Waals surface area contributed by atoms with Gasteiger partial charge in [0.05, 0.1) is 42.4 Å². The zero-order valence-corrected chi connectivity index (χ0v) is 27.0. The number of fused-ring (bicyclic) bond motifs is 1. The summed E-state index contributed by atoms with van der Waals surface area (Å²) in [5, 5.41) is 10.5. The van der Waals surface area contributed by atoms with Gasteiger partial charge in [-0.2, -0.15) is 0 Å². The van der Waals surface area contributed by atoms with Gasteiger partial charge >= 0.3 is 0 Å². The molecule has 9 nitrogen and oxygen atoms in total. The fourth-order valence-corrected chi connectivity index (χ4v) is 9.93. The van der Waals surface area contributed by atoms with Crippen LogP contribution >= 0.6 is 11.8 Å². The van der Waals surface area contributed by atoms with Gasteiger partial charge in [-0.3, -0.25) is 19.3 Å². The van der Waals surface area contributed by atoms with Gasteiger partial charge in [0.25, 0.3) is 0 Å². The molecule has 1 spiro atoms. The quantitative estimate of drug-likeness (QED) is 0.318. The molecule has 1 aromatic carbocycles. The molecule has 4 aliphatic heterocycles. The van der Waals surface area contributed by atoms with Crippen molar-refractivity contribution >= 4 is 29.5 Å².